The van der Waals surface area contributed by atoms with E-state index in [1.54, 1.807) is 18.2 Å². The van der Waals surface area contributed by atoms with Gasteiger partial charge in [-0.15, -0.1) is 0 Å². The maximum Gasteiger partial charge on any atom is 0.150 e. The minimum Gasteiger partial charge on any atom is -0.490 e. The van der Waals surface area contributed by atoms with E-state index >= 15 is 0 Å². The molecule has 2 aromatic carbocycles. The number of carbonyl (C=O) groups is 1. The molecule has 0 aliphatic heterocycles. The largest absolute Gasteiger partial charge is 0.490 e. The Labute approximate surface area is 145 Å². The van der Waals surface area contributed by atoms with Crippen molar-refractivity contribution in [3.05, 3.63) is 57.6 Å². The van der Waals surface area contributed by atoms with Gasteiger partial charge in [-0.25, -0.2) is 0 Å². The summed E-state index contributed by atoms with van der Waals surface area (Å²) in [6.45, 7) is 7.37. The Morgan fingerprint density at radius 3 is 2.43 bits per heavy atom. The van der Waals surface area contributed by atoms with Crippen LogP contribution in [0.15, 0.2) is 40.9 Å². The molecule has 2 aromatic rings. The summed E-state index contributed by atoms with van der Waals surface area (Å²) in [5.74, 6) is 2.07. The fourth-order valence-electron chi connectivity index (χ4n) is 2.40. The molecule has 0 spiro atoms. The number of ether oxygens (including phenoxy) is 2. The molecule has 0 N–H and O–H groups in total. The highest BCUT2D eigenvalue weighted by Crippen LogP contribution is 2.26. The number of hydrogen-bond acceptors (Lipinski definition) is 3. The maximum atomic E-state index is 10.7. The molecule has 0 fully saturated rings. The van der Waals surface area contributed by atoms with Gasteiger partial charge in [0.1, 0.15) is 31.0 Å². The predicted octanol–water partition coefficient (Wildman–Crippen LogP) is 5.15. The molecule has 0 bridgehead atoms. The van der Waals surface area contributed by atoms with Crippen LogP contribution in [-0.2, 0) is 0 Å². The van der Waals surface area contributed by atoms with Crippen molar-refractivity contribution < 1.29 is 14.3 Å². The van der Waals surface area contributed by atoms with Gasteiger partial charge in [-0.2, -0.15) is 0 Å². The summed E-state index contributed by atoms with van der Waals surface area (Å²) in [4.78, 5) is 10.7. The molecular formula is C19H21BrO3. The van der Waals surface area contributed by atoms with Crippen molar-refractivity contribution >= 4 is 22.2 Å². The molecule has 2 rings (SSSR count). The van der Waals surface area contributed by atoms with E-state index in [-0.39, 0.29) is 0 Å². The summed E-state index contributed by atoms with van der Waals surface area (Å²) in [6, 6.07) is 11.4. The minimum atomic E-state index is 0.435. The van der Waals surface area contributed by atoms with Gasteiger partial charge in [0.15, 0.2) is 0 Å². The van der Waals surface area contributed by atoms with Crippen molar-refractivity contribution in [2.75, 3.05) is 13.2 Å². The molecule has 0 aliphatic rings. The Bertz CT molecular complexity index is 680. The van der Waals surface area contributed by atoms with Crippen molar-refractivity contribution in [3.63, 3.8) is 0 Å². The molecular weight excluding hydrogens is 356 g/mol. The topological polar surface area (TPSA) is 35.5 Å². The van der Waals surface area contributed by atoms with Crippen molar-refractivity contribution in [1.29, 1.82) is 0 Å². The van der Waals surface area contributed by atoms with Crippen LogP contribution in [0.5, 0.6) is 11.5 Å². The molecule has 4 heteroatoms. The van der Waals surface area contributed by atoms with Gasteiger partial charge in [-0.3, -0.25) is 4.79 Å². The number of aldehydes is 1. The lowest BCUT2D eigenvalue weighted by atomic mass is 9.98. The van der Waals surface area contributed by atoms with Crippen LogP contribution in [0.3, 0.4) is 0 Å². The number of halogens is 1. The predicted molar refractivity (Wildman–Crippen MR) is 95.8 cm³/mol. The summed E-state index contributed by atoms with van der Waals surface area (Å²) >= 11 is 3.39. The van der Waals surface area contributed by atoms with E-state index in [1.807, 2.05) is 6.07 Å². The van der Waals surface area contributed by atoms with Crippen LogP contribution in [0.2, 0.25) is 0 Å². The molecule has 0 saturated heterocycles. The van der Waals surface area contributed by atoms with Crippen LogP contribution in [0.25, 0.3) is 0 Å². The van der Waals surface area contributed by atoms with Gasteiger partial charge in [-0.1, -0.05) is 19.9 Å². The first-order valence-corrected chi connectivity index (χ1v) is 8.41. The fourth-order valence-corrected chi connectivity index (χ4v) is 2.92. The standard InChI is InChI=1S/C19H21BrO3/c1-13(2)17-6-5-16(10-14(17)3)22-8-9-23-19-7-4-15(12-21)11-18(19)20/h4-7,10-13H,8-9H2,1-3H3. The average molecular weight is 377 g/mol. The zero-order valence-corrected chi connectivity index (χ0v) is 15.2. The van der Waals surface area contributed by atoms with Crippen LogP contribution in [-0.4, -0.2) is 19.5 Å². The molecule has 0 radical (unpaired) electrons. The third-order valence-corrected chi connectivity index (χ3v) is 4.18. The van der Waals surface area contributed by atoms with Gasteiger partial charge in [0.25, 0.3) is 0 Å². The van der Waals surface area contributed by atoms with E-state index in [1.165, 1.54) is 11.1 Å². The van der Waals surface area contributed by atoms with E-state index in [2.05, 4.69) is 48.8 Å². The Hall–Kier alpha value is -1.81. The molecule has 0 atom stereocenters. The Balaban J connectivity index is 1.86. The van der Waals surface area contributed by atoms with E-state index < -0.39 is 0 Å². The van der Waals surface area contributed by atoms with Gasteiger partial charge in [-0.05, 0) is 70.2 Å². The zero-order valence-electron chi connectivity index (χ0n) is 13.6. The molecule has 0 unspecified atom stereocenters. The monoisotopic (exact) mass is 376 g/mol. The first-order chi connectivity index (χ1) is 11.0. The SMILES string of the molecule is Cc1cc(OCCOc2ccc(C=O)cc2Br)ccc1C(C)C. The second kappa shape index (κ2) is 8.16. The van der Waals surface area contributed by atoms with E-state index in [0.29, 0.717) is 30.4 Å². The number of carbonyl (C=O) groups excluding carboxylic acids is 1. The molecule has 0 aromatic heterocycles. The van der Waals surface area contributed by atoms with Gasteiger partial charge in [0.05, 0.1) is 4.47 Å². The van der Waals surface area contributed by atoms with Crippen molar-refractivity contribution in [2.24, 2.45) is 0 Å². The summed E-state index contributed by atoms with van der Waals surface area (Å²) in [6.07, 6.45) is 0.806. The lowest BCUT2D eigenvalue weighted by Gasteiger charge is -2.13. The smallest absolute Gasteiger partial charge is 0.150 e. The van der Waals surface area contributed by atoms with Gasteiger partial charge >= 0.3 is 0 Å². The van der Waals surface area contributed by atoms with Gasteiger partial charge < -0.3 is 9.47 Å². The fraction of sp³-hybridized carbons (Fsp3) is 0.316. The van der Waals surface area contributed by atoms with Crippen LogP contribution in [0, 0.1) is 6.92 Å². The molecule has 122 valence electrons. The normalized spacial score (nSPS) is 10.7. The highest BCUT2D eigenvalue weighted by atomic mass is 79.9. The summed E-state index contributed by atoms with van der Waals surface area (Å²) in [7, 11) is 0. The summed E-state index contributed by atoms with van der Waals surface area (Å²) < 4.78 is 12.2. The van der Waals surface area contributed by atoms with Crippen LogP contribution in [0.1, 0.15) is 41.3 Å². The summed E-state index contributed by atoms with van der Waals surface area (Å²) in [5.41, 5.74) is 3.19. The molecule has 0 aliphatic carbocycles. The highest BCUT2D eigenvalue weighted by Gasteiger charge is 2.05. The minimum absolute atomic E-state index is 0.435. The Morgan fingerprint density at radius 1 is 1.09 bits per heavy atom. The zero-order chi connectivity index (χ0) is 16.8. The van der Waals surface area contributed by atoms with Crippen molar-refractivity contribution in [2.45, 2.75) is 26.7 Å². The maximum absolute atomic E-state index is 10.7. The van der Waals surface area contributed by atoms with E-state index in [9.17, 15) is 4.79 Å². The second-order valence-electron chi connectivity index (χ2n) is 5.68. The van der Waals surface area contributed by atoms with E-state index in [0.717, 1.165) is 16.5 Å². The quantitative estimate of drug-likeness (QED) is 0.494. The molecule has 3 nitrogen and oxygen atoms in total. The Morgan fingerprint density at radius 2 is 1.83 bits per heavy atom. The highest BCUT2D eigenvalue weighted by molar-refractivity contribution is 9.10. The molecule has 23 heavy (non-hydrogen) atoms. The Kier molecular flexibility index (Phi) is 6.22. The lowest BCUT2D eigenvalue weighted by molar-refractivity contribution is 0.112. The molecule has 0 saturated carbocycles. The van der Waals surface area contributed by atoms with Crippen molar-refractivity contribution in [3.8, 4) is 11.5 Å². The number of benzene rings is 2. The second-order valence-corrected chi connectivity index (χ2v) is 6.53. The van der Waals surface area contributed by atoms with E-state index in [4.69, 9.17) is 9.47 Å². The van der Waals surface area contributed by atoms with Crippen molar-refractivity contribution in [1.82, 2.24) is 0 Å². The average Bonchev–Trinajstić information content (AvgIpc) is 2.52. The van der Waals surface area contributed by atoms with Crippen LogP contribution < -0.4 is 9.47 Å². The third kappa shape index (κ3) is 4.83. The molecule has 0 amide bonds. The van der Waals surface area contributed by atoms with Crippen LogP contribution >= 0.6 is 15.9 Å². The molecule has 0 heterocycles. The lowest BCUT2D eigenvalue weighted by Crippen LogP contribution is -2.09. The number of aryl methyl sites for hydroxylation is 1. The van der Waals surface area contributed by atoms with Crippen LogP contribution in [0.4, 0.5) is 0 Å². The van der Waals surface area contributed by atoms with Gasteiger partial charge in [0.2, 0.25) is 0 Å². The third-order valence-electron chi connectivity index (χ3n) is 3.56. The number of rotatable bonds is 7. The number of hydrogen-bond donors (Lipinski definition) is 0. The van der Waals surface area contributed by atoms with Gasteiger partial charge in [0, 0.05) is 5.56 Å². The summed E-state index contributed by atoms with van der Waals surface area (Å²) in [5, 5.41) is 0. The first-order valence-electron chi connectivity index (χ1n) is 7.62. The first kappa shape index (κ1) is 17.5.